The number of sulfonamides is 1. The summed E-state index contributed by atoms with van der Waals surface area (Å²) in [6.07, 6.45) is 0. The molecule has 0 aliphatic heterocycles. The van der Waals surface area contributed by atoms with Crippen molar-refractivity contribution in [2.75, 3.05) is 6.54 Å². The van der Waals surface area contributed by atoms with E-state index in [0.29, 0.717) is 0 Å². The molecule has 7 heteroatoms. The molecule has 0 atom stereocenters. The van der Waals surface area contributed by atoms with Gasteiger partial charge in [-0.1, -0.05) is 43.3 Å². The molecule has 0 fully saturated rings. The zero-order valence-corrected chi connectivity index (χ0v) is 12.9. The zero-order valence-electron chi connectivity index (χ0n) is 12.0. The number of nitrogens with zero attached hydrogens (tertiary/aromatic N) is 2. The van der Waals surface area contributed by atoms with Crippen molar-refractivity contribution in [1.82, 2.24) is 4.31 Å². The minimum absolute atomic E-state index is 0.0699. The normalized spacial score (nSPS) is 11.5. The molecule has 22 heavy (non-hydrogen) atoms. The zero-order chi connectivity index (χ0) is 16.2. The van der Waals surface area contributed by atoms with E-state index in [4.69, 9.17) is 0 Å². The fourth-order valence-electron chi connectivity index (χ4n) is 2.06. The molecule has 0 spiro atoms. The van der Waals surface area contributed by atoms with Gasteiger partial charge < -0.3 is 0 Å². The maximum Gasteiger partial charge on any atom is 0.270 e. The van der Waals surface area contributed by atoms with E-state index in [0.717, 1.165) is 11.6 Å². The number of hydrogen-bond donors (Lipinski definition) is 0. The second-order valence-electron chi connectivity index (χ2n) is 4.67. The average molecular weight is 320 g/mol. The summed E-state index contributed by atoms with van der Waals surface area (Å²) in [5.74, 6) is 0. The van der Waals surface area contributed by atoms with Gasteiger partial charge in [0.2, 0.25) is 10.0 Å². The molecule has 0 bridgehead atoms. The molecule has 2 aromatic rings. The highest BCUT2D eigenvalue weighted by Crippen LogP contribution is 2.22. The Morgan fingerprint density at radius 2 is 1.77 bits per heavy atom. The van der Waals surface area contributed by atoms with Crippen molar-refractivity contribution >= 4 is 15.7 Å². The molecular weight excluding hydrogens is 304 g/mol. The molecule has 0 aromatic heterocycles. The van der Waals surface area contributed by atoms with Gasteiger partial charge in [-0.2, -0.15) is 4.31 Å². The summed E-state index contributed by atoms with van der Waals surface area (Å²) >= 11 is 0. The lowest BCUT2D eigenvalue weighted by molar-refractivity contribution is -0.385. The molecule has 2 aromatic carbocycles. The van der Waals surface area contributed by atoms with E-state index >= 15 is 0 Å². The van der Waals surface area contributed by atoms with Gasteiger partial charge in [0.05, 0.1) is 9.82 Å². The molecule has 6 nitrogen and oxygen atoms in total. The summed E-state index contributed by atoms with van der Waals surface area (Å²) in [5.41, 5.74) is 0.621. The lowest BCUT2D eigenvalue weighted by atomic mass is 10.2. The highest BCUT2D eigenvalue weighted by atomic mass is 32.2. The van der Waals surface area contributed by atoms with Crippen molar-refractivity contribution in [2.24, 2.45) is 0 Å². The lowest BCUT2D eigenvalue weighted by Crippen LogP contribution is -2.30. The van der Waals surface area contributed by atoms with Crippen LogP contribution in [0.3, 0.4) is 0 Å². The summed E-state index contributed by atoms with van der Waals surface area (Å²) < 4.78 is 26.6. The van der Waals surface area contributed by atoms with E-state index in [1.54, 1.807) is 6.92 Å². The molecule has 116 valence electrons. The molecule has 0 N–H and O–H groups in total. The van der Waals surface area contributed by atoms with Crippen LogP contribution < -0.4 is 0 Å². The Labute approximate surface area is 129 Å². The third-order valence-corrected chi connectivity index (χ3v) is 5.14. The lowest BCUT2D eigenvalue weighted by Gasteiger charge is -2.20. The molecule has 0 aliphatic carbocycles. The highest BCUT2D eigenvalue weighted by Gasteiger charge is 2.24. The molecular formula is C15H16N2O4S. The maximum absolute atomic E-state index is 12.6. The van der Waals surface area contributed by atoms with Crippen molar-refractivity contribution in [3.8, 4) is 0 Å². The largest absolute Gasteiger partial charge is 0.270 e. The topological polar surface area (TPSA) is 80.5 Å². The predicted octanol–water partition coefficient (Wildman–Crippen LogP) is 2.81. The van der Waals surface area contributed by atoms with Crippen LogP contribution in [0, 0.1) is 10.1 Å². The van der Waals surface area contributed by atoms with Crippen LogP contribution in [0.1, 0.15) is 12.5 Å². The second-order valence-corrected chi connectivity index (χ2v) is 6.61. The van der Waals surface area contributed by atoms with Crippen LogP contribution in [0.4, 0.5) is 5.69 Å². The Bertz CT molecular complexity index is 760. The first kappa shape index (κ1) is 16.1. The molecule has 2 rings (SSSR count). The van der Waals surface area contributed by atoms with Crippen molar-refractivity contribution in [3.63, 3.8) is 0 Å². The molecule has 0 amide bonds. The van der Waals surface area contributed by atoms with Gasteiger partial charge in [0.1, 0.15) is 0 Å². The van der Waals surface area contributed by atoms with E-state index in [1.807, 2.05) is 30.3 Å². The van der Waals surface area contributed by atoms with Gasteiger partial charge in [0.15, 0.2) is 0 Å². The summed E-state index contributed by atoms with van der Waals surface area (Å²) in [7, 11) is -3.78. The van der Waals surface area contributed by atoms with E-state index < -0.39 is 14.9 Å². The summed E-state index contributed by atoms with van der Waals surface area (Å²) in [4.78, 5) is 10.1. The number of nitro benzene ring substituents is 1. The van der Waals surface area contributed by atoms with Crippen LogP contribution in [0.15, 0.2) is 59.5 Å². The van der Waals surface area contributed by atoms with Crippen LogP contribution in [-0.2, 0) is 16.6 Å². The van der Waals surface area contributed by atoms with E-state index in [9.17, 15) is 18.5 Å². The highest BCUT2D eigenvalue weighted by molar-refractivity contribution is 7.89. The fraction of sp³-hybridized carbons (Fsp3) is 0.200. The minimum Gasteiger partial charge on any atom is -0.258 e. The Hall–Kier alpha value is -2.25. The van der Waals surface area contributed by atoms with Gasteiger partial charge in [-0.25, -0.2) is 8.42 Å². The van der Waals surface area contributed by atoms with Crippen molar-refractivity contribution in [1.29, 1.82) is 0 Å². The average Bonchev–Trinajstić information content (AvgIpc) is 2.53. The van der Waals surface area contributed by atoms with E-state index in [2.05, 4.69) is 0 Å². The third kappa shape index (κ3) is 3.49. The number of rotatable bonds is 6. The Kier molecular flexibility index (Phi) is 4.89. The monoisotopic (exact) mass is 320 g/mol. The fourth-order valence-corrected chi connectivity index (χ4v) is 3.54. The SMILES string of the molecule is CCN(Cc1ccccc1)S(=O)(=O)c1cccc([N+](=O)[O-])c1. The Morgan fingerprint density at radius 3 is 2.36 bits per heavy atom. The van der Waals surface area contributed by atoms with Gasteiger partial charge in [0, 0.05) is 25.2 Å². The van der Waals surface area contributed by atoms with Crippen LogP contribution in [0.2, 0.25) is 0 Å². The molecule has 0 saturated heterocycles. The first-order valence-electron chi connectivity index (χ1n) is 6.73. The first-order chi connectivity index (χ1) is 10.4. The smallest absolute Gasteiger partial charge is 0.258 e. The van der Waals surface area contributed by atoms with Gasteiger partial charge in [-0.3, -0.25) is 10.1 Å². The van der Waals surface area contributed by atoms with Crippen LogP contribution >= 0.6 is 0 Å². The Balaban J connectivity index is 2.34. The third-order valence-electron chi connectivity index (χ3n) is 3.22. The molecule has 0 aliphatic rings. The predicted molar refractivity (Wildman–Crippen MR) is 82.8 cm³/mol. The number of hydrogen-bond acceptors (Lipinski definition) is 4. The minimum atomic E-state index is -3.78. The van der Waals surface area contributed by atoms with Crippen LogP contribution in [-0.4, -0.2) is 24.2 Å². The second kappa shape index (κ2) is 6.67. The number of nitro groups is 1. The van der Waals surface area contributed by atoms with Crippen LogP contribution in [0.5, 0.6) is 0 Å². The number of non-ortho nitro benzene ring substituents is 1. The van der Waals surface area contributed by atoms with Gasteiger partial charge in [0.25, 0.3) is 5.69 Å². The standard InChI is InChI=1S/C15H16N2O4S/c1-2-16(12-13-7-4-3-5-8-13)22(20,21)15-10-6-9-14(11-15)17(18)19/h3-11H,2,12H2,1H3. The van der Waals surface area contributed by atoms with Gasteiger partial charge in [-0.05, 0) is 11.6 Å². The quantitative estimate of drug-likeness (QED) is 0.605. The van der Waals surface area contributed by atoms with Gasteiger partial charge in [-0.15, -0.1) is 0 Å². The maximum atomic E-state index is 12.6. The molecule has 0 radical (unpaired) electrons. The Morgan fingerprint density at radius 1 is 1.09 bits per heavy atom. The molecule has 0 heterocycles. The molecule has 0 saturated carbocycles. The van der Waals surface area contributed by atoms with Crippen LogP contribution in [0.25, 0.3) is 0 Å². The van der Waals surface area contributed by atoms with Gasteiger partial charge >= 0.3 is 0 Å². The summed E-state index contributed by atoms with van der Waals surface area (Å²) in [5, 5.41) is 10.8. The van der Waals surface area contributed by atoms with Crippen molar-refractivity contribution in [2.45, 2.75) is 18.4 Å². The summed E-state index contributed by atoms with van der Waals surface area (Å²) in [6.45, 7) is 2.24. The summed E-state index contributed by atoms with van der Waals surface area (Å²) in [6, 6.07) is 14.3. The molecule has 0 unspecified atom stereocenters. The van der Waals surface area contributed by atoms with Crippen molar-refractivity contribution < 1.29 is 13.3 Å². The first-order valence-corrected chi connectivity index (χ1v) is 8.17. The van der Waals surface area contributed by atoms with Crippen molar-refractivity contribution in [3.05, 3.63) is 70.3 Å². The number of benzene rings is 2. The van der Waals surface area contributed by atoms with E-state index in [1.165, 1.54) is 22.5 Å². The van der Waals surface area contributed by atoms with E-state index in [-0.39, 0.29) is 23.7 Å².